The Kier molecular flexibility index (Phi) is 19.1. The highest BCUT2D eigenvalue weighted by atomic mass is 16.4. The Balaban J connectivity index is 3.52. The molecule has 0 aromatic carbocycles. The number of nitrogens with two attached hydrogens (primary N) is 4. The average molecular weight is 684 g/mol. The van der Waals surface area contributed by atoms with E-state index in [0.717, 1.165) is 0 Å². The first-order valence-electron chi connectivity index (χ1n) is 16.1. The minimum Gasteiger partial charge on any atom is -0.481 e. The Labute approximate surface area is 279 Å². The number of carbonyl (C=O) groups excluding carboxylic acids is 6. The Morgan fingerprint density at radius 3 is 1.79 bits per heavy atom. The van der Waals surface area contributed by atoms with Gasteiger partial charge >= 0.3 is 5.97 Å². The molecule has 1 heterocycles. The molecule has 1 fully saturated rings. The second-order valence-corrected chi connectivity index (χ2v) is 11.9. The van der Waals surface area contributed by atoms with Crippen LogP contribution < -0.4 is 54.8 Å². The molecule has 0 radical (unpaired) electrons. The van der Waals surface area contributed by atoms with Gasteiger partial charge < -0.3 is 59.9 Å². The van der Waals surface area contributed by atoms with Gasteiger partial charge in [0, 0.05) is 19.5 Å². The molecule has 0 unspecified atom stereocenters. The molecule has 1 rings (SSSR count). The number of guanidine groups is 1. The molecule has 15 N–H and O–H groups in total. The van der Waals surface area contributed by atoms with E-state index in [2.05, 4.69) is 36.9 Å². The summed E-state index contributed by atoms with van der Waals surface area (Å²) >= 11 is 0. The number of carboxylic acids is 1. The molecule has 19 nitrogen and oxygen atoms in total. The molecule has 0 aromatic rings. The summed E-state index contributed by atoms with van der Waals surface area (Å²) in [5, 5.41) is 24.7. The number of aliphatic carboxylic acids is 1. The molecule has 1 aliphatic rings. The standard InChI is InChI=1S/C29H53N11O8/c1-16(2)14-20-24(44)34-13-9-22(41)36-17(6-3-4-10-30)25(45)40-21(15-23(42)43)28(48)38-19(8-11-31)27(47)37-18(26(46)39-20)7-5-12-35-29(32)33/h16-21H,3-15,30-31H2,1-2H3,(H,34,44)(H,36,41)(H,37,47)(H,38,48)(H,39,46)(H,40,45)(H,42,43)(H4,32,33,35)/t17-,18-,19-,20-,21-/m0/s1. The maximum Gasteiger partial charge on any atom is 0.305 e. The number of hydrogen-bond acceptors (Lipinski definition) is 10. The maximum atomic E-state index is 13.5. The number of nitrogens with zero attached hydrogens (tertiary/aromatic N) is 1. The van der Waals surface area contributed by atoms with Crippen molar-refractivity contribution in [3.63, 3.8) is 0 Å². The topological polar surface area (TPSA) is 328 Å². The van der Waals surface area contributed by atoms with E-state index < -0.39 is 78.0 Å². The zero-order chi connectivity index (χ0) is 36.2. The third kappa shape index (κ3) is 16.3. The molecule has 1 aliphatic heterocycles. The fourth-order valence-electron chi connectivity index (χ4n) is 4.83. The minimum absolute atomic E-state index is 0.0310. The van der Waals surface area contributed by atoms with Crippen molar-refractivity contribution in [1.29, 1.82) is 0 Å². The number of carboxylic acid groups (broad SMARTS) is 1. The van der Waals surface area contributed by atoms with Crippen molar-refractivity contribution in [2.24, 2.45) is 33.8 Å². The highest BCUT2D eigenvalue weighted by Crippen LogP contribution is 2.09. The highest BCUT2D eigenvalue weighted by molar-refractivity contribution is 5.97. The van der Waals surface area contributed by atoms with Crippen LogP contribution in [0.25, 0.3) is 0 Å². The smallest absolute Gasteiger partial charge is 0.305 e. The van der Waals surface area contributed by atoms with Crippen LogP contribution in [0.5, 0.6) is 0 Å². The van der Waals surface area contributed by atoms with Gasteiger partial charge in [-0.15, -0.1) is 0 Å². The van der Waals surface area contributed by atoms with Crippen molar-refractivity contribution >= 4 is 47.4 Å². The molecule has 0 aliphatic carbocycles. The van der Waals surface area contributed by atoms with E-state index in [9.17, 15) is 38.7 Å². The van der Waals surface area contributed by atoms with Gasteiger partial charge in [0.2, 0.25) is 35.4 Å². The fraction of sp³-hybridized carbons (Fsp3) is 0.724. The molecule has 0 saturated carbocycles. The van der Waals surface area contributed by atoms with E-state index in [0.29, 0.717) is 19.4 Å². The number of rotatable bonds is 14. The average Bonchev–Trinajstić information content (AvgIpc) is 2.99. The zero-order valence-corrected chi connectivity index (χ0v) is 27.7. The summed E-state index contributed by atoms with van der Waals surface area (Å²) in [5.74, 6) is -6.09. The Morgan fingerprint density at radius 2 is 1.25 bits per heavy atom. The van der Waals surface area contributed by atoms with Crippen LogP contribution in [-0.2, 0) is 33.6 Å². The zero-order valence-electron chi connectivity index (χ0n) is 27.7. The lowest BCUT2D eigenvalue weighted by molar-refractivity contribution is -0.141. The largest absolute Gasteiger partial charge is 0.481 e. The summed E-state index contributed by atoms with van der Waals surface area (Å²) in [4.78, 5) is 95.1. The molecule has 0 spiro atoms. The highest BCUT2D eigenvalue weighted by Gasteiger charge is 2.33. The number of amides is 6. The van der Waals surface area contributed by atoms with Crippen LogP contribution in [0.4, 0.5) is 0 Å². The number of carbonyl (C=O) groups is 7. The Hall–Kier alpha value is -4.52. The van der Waals surface area contributed by atoms with Gasteiger partial charge in [-0.1, -0.05) is 13.8 Å². The van der Waals surface area contributed by atoms with Gasteiger partial charge in [0.25, 0.3) is 0 Å². The molecule has 5 atom stereocenters. The number of nitrogens with one attached hydrogen (secondary N) is 6. The fourth-order valence-corrected chi connectivity index (χ4v) is 4.83. The van der Waals surface area contributed by atoms with E-state index in [1.165, 1.54) is 0 Å². The number of unbranched alkanes of at least 4 members (excludes halogenated alkanes) is 1. The maximum absolute atomic E-state index is 13.5. The van der Waals surface area contributed by atoms with Gasteiger partial charge in [0.05, 0.1) is 6.42 Å². The molecule has 6 amide bonds. The first-order chi connectivity index (χ1) is 22.7. The normalized spacial score (nSPS) is 23.6. The Morgan fingerprint density at radius 1 is 0.729 bits per heavy atom. The van der Waals surface area contributed by atoms with Crippen molar-refractivity contribution in [2.75, 3.05) is 26.2 Å². The van der Waals surface area contributed by atoms with E-state index in [-0.39, 0.29) is 70.0 Å². The third-order valence-electron chi connectivity index (χ3n) is 7.27. The molecule has 1 saturated heterocycles. The first-order valence-corrected chi connectivity index (χ1v) is 16.1. The summed E-state index contributed by atoms with van der Waals surface area (Å²) in [7, 11) is 0. The van der Waals surface area contributed by atoms with Crippen LogP contribution in [0.3, 0.4) is 0 Å². The van der Waals surface area contributed by atoms with Crippen molar-refractivity contribution < 1.29 is 38.7 Å². The van der Waals surface area contributed by atoms with Crippen LogP contribution in [0.2, 0.25) is 0 Å². The monoisotopic (exact) mass is 683 g/mol. The van der Waals surface area contributed by atoms with Gasteiger partial charge in [0.1, 0.15) is 30.2 Å². The van der Waals surface area contributed by atoms with Gasteiger partial charge in [-0.3, -0.25) is 38.6 Å². The lowest BCUT2D eigenvalue weighted by Gasteiger charge is -2.27. The summed E-state index contributed by atoms with van der Waals surface area (Å²) < 4.78 is 0. The van der Waals surface area contributed by atoms with Gasteiger partial charge in [0.15, 0.2) is 5.96 Å². The van der Waals surface area contributed by atoms with Crippen molar-refractivity contribution in [3.05, 3.63) is 0 Å². The lowest BCUT2D eigenvalue weighted by atomic mass is 10.0. The molecular weight excluding hydrogens is 630 g/mol. The van der Waals surface area contributed by atoms with Crippen molar-refractivity contribution in [2.45, 2.75) is 102 Å². The quantitative estimate of drug-likeness (QED) is 0.0474. The van der Waals surface area contributed by atoms with Crippen LogP contribution in [-0.4, -0.2) is 109 Å². The van der Waals surface area contributed by atoms with Crippen LogP contribution in [0, 0.1) is 5.92 Å². The number of hydrogen-bond donors (Lipinski definition) is 11. The second kappa shape index (κ2) is 22.1. The van der Waals surface area contributed by atoms with E-state index in [1.807, 2.05) is 13.8 Å². The van der Waals surface area contributed by atoms with Crippen LogP contribution in [0.15, 0.2) is 4.99 Å². The molecule has 0 aromatic heterocycles. The third-order valence-corrected chi connectivity index (χ3v) is 7.27. The number of aliphatic imine (C=N–C) groups is 1. The van der Waals surface area contributed by atoms with Gasteiger partial charge in [-0.25, -0.2) is 0 Å². The SMILES string of the molecule is CC(C)C[C@@H]1NC(=O)[C@H](CCCN=C(N)N)NC(=O)[C@H](CCN)NC(=O)[C@H](CC(=O)O)NC(=O)[C@H](CCCCN)NC(=O)CCNC1=O. The lowest BCUT2D eigenvalue weighted by Crippen LogP contribution is -2.59. The Bertz CT molecular complexity index is 1150. The summed E-state index contributed by atoms with van der Waals surface area (Å²) in [6.45, 7) is 3.95. The van der Waals surface area contributed by atoms with Crippen LogP contribution >= 0.6 is 0 Å². The van der Waals surface area contributed by atoms with E-state index in [4.69, 9.17) is 22.9 Å². The predicted octanol–water partition coefficient (Wildman–Crippen LogP) is -4.02. The van der Waals surface area contributed by atoms with Gasteiger partial charge in [-0.2, -0.15) is 0 Å². The summed E-state index contributed by atoms with van der Waals surface area (Å²) in [5.41, 5.74) is 22.0. The molecular formula is C29H53N11O8. The second-order valence-electron chi connectivity index (χ2n) is 11.9. The van der Waals surface area contributed by atoms with E-state index in [1.54, 1.807) is 0 Å². The minimum atomic E-state index is -1.63. The van der Waals surface area contributed by atoms with Crippen LogP contribution in [0.1, 0.15) is 71.6 Å². The van der Waals surface area contributed by atoms with Crippen molar-refractivity contribution in [3.8, 4) is 0 Å². The summed E-state index contributed by atoms with van der Waals surface area (Å²) in [6.07, 6.45) is 0.453. The molecule has 272 valence electrons. The van der Waals surface area contributed by atoms with Gasteiger partial charge in [-0.05, 0) is 64.0 Å². The molecule has 19 heteroatoms. The molecule has 0 bridgehead atoms. The summed E-state index contributed by atoms with van der Waals surface area (Å²) in [6, 6.07) is -6.34. The molecule has 48 heavy (non-hydrogen) atoms. The predicted molar refractivity (Wildman–Crippen MR) is 175 cm³/mol. The van der Waals surface area contributed by atoms with Crippen molar-refractivity contribution in [1.82, 2.24) is 31.9 Å². The van der Waals surface area contributed by atoms with E-state index >= 15 is 0 Å². The first kappa shape index (κ1) is 41.5.